The van der Waals surface area contributed by atoms with Crippen molar-refractivity contribution in [2.45, 2.75) is 18.9 Å². The zero-order valence-corrected chi connectivity index (χ0v) is 12.3. The molecule has 7 heteroatoms. The Morgan fingerprint density at radius 1 is 1.04 bits per heavy atom. The van der Waals surface area contributed by atoms with Crippen molar-refractivity contribution in [3.8, 4) is 0 Å². The summed E-state index contributed by atoms with van der Waals surface area (Å²) < 4.78 is 57.1. The fourth-order valence-electron chi connectivity index (χ4n) is 2.11. The Morgan fingerprint density at radius 3 is 2.17 bits per heavy atom. The number of hydrogen-bond acceptors (Lipinski definition) is 3. The molecule has 128 valence electrons. The number of esters is 1. The van der Waals surface area contributed by atoms with Gasteiger partial charge in [-0.1, -0.05) is 42.5 Å². The normalized spacial score (nSPS) is 14.0. The molecule has 0 heterocycles. The average molecular weight is 342 g/mol. The lowest BCUT2D eigenvalue weighted by Gasteiger charge is -2.24. The molecule has 0 aliphatic carbocycles. The molecule has 0 bridgehead atoms. The highest BCUT2D eigenvalue weighted by atomic mass is 19.4. The Bertz CT molecular complexity index is 668. The van der Waals surface area contributed by atoms with Gasteiger partial charge in [0.25, 0.3) is 0 Å². The lowest BCUT2D eigenvalue weighted by Crippen LogP contribution is -2.37. The number of hydrogen-bond donors (Lipinski definition) is 1. The van der Waals surface area contributed by atoms with Gasteiger partial charge in [-0.25, -0.2) is 4.39 Å². The Kier molecular flexibility index (Phi) is 5.56. The van der Waals surface area contributed by atoms with Crippen LogP contribution in [-0.4, -0.2) is 17.3 Å². The van der Waals surface area contributed by atoms with Crippen LogP contribution in [0.1, 0.15) is 17.2 Å². The van der Waals surface area contributed by atoms with Crippen LogP contribution in [0.25, 0.3) is 0 Å². The van der Waals surface area contributed by atoms with E-state index >= 15 is 0 Å². The van der Waals surface area contributed by atoms with Crippen LogP contribution in [0, 0.1) is 11.7 Å². The first kappa shape index (κ1) is 17.9. The van der Waals surface area contributed by atoms with Crippen LogP contribution in [0.3, 0.4) is 0 Å². The molecule has 2 aromatic carbocycles. The number of benzene rings is 2. The molecule has 2 rings (SSSR count). The maximum atomic E-state index is 13.2. The molecule has 24 heavy (non-hydrogen) atoms. The molecule has 0 radical (unpaired) electrons. The number of carbonyl (C=O) groups is 1. The van der Waals surface area contributed by atoms with E-state index in [1.54, 1.807) is 30.3 Å². The van der Waals surface area contributed by atoms with E-state index in [4.69, 9.17) is 4.74 Å². The van der Waals surface area contributed by atoms with E-state index in [0.717, 1.165) is 24.3 Å². The van der Waals surface area contributed by atoms with E-state index in [1.807, 2.05) is 0 Å². The molecule has 3 nitrogen and oxygen atoms in total. The smallest absolute Gasteiger partial charge is 0.405 e. The second-order valence-corrected chi connectivity index (χ2v) is 5.11. The first-order chi connectivity index (χ1) is 11.3. The summed E-state index contributed by atoms with van der Waals surface area (Å²) in [5.74, 6) is -5.02. The summed E-state index contributed by atoms with van der Waals surface area (Å²) in [6, 6.07) is 12.0. The molecule has 0 unspecified atom stereocenters. The van der Waals surface area contributed by atoms with Crippen molar-refractivity contribution in [1.82, 2.24) is 0 Å². The van der Waals surface area contributed by atoms with Crippen LogP contribution >= 0.6 is 0 Å². The number of alkyl halides is 3. The minimum absolute atomic E-state index is 0.226. The SMILES string of the molecule is O=C(OCc1ccccc1)[C@H]([C@@H](O)c1ccc(F)cc1)C(F)(F)F. The lowest BCUT2D eigenvalue weighted by molar-refractivity contribution is -0.216. The van der Waals surface area contributed by atoms with E-state index in [2.05, 4.69) is 0 Å². The second kappa shape index (κ2) is 7.44. The lowest BCUT2D eigenvalue weighted by atomic mass is 9.95. The maximum absolute atomic E-state index is 13.2. The van der Waals surface area contributed by atoms with Gasteiger partial charge in [0.2, 0.25) is 0 Å². The van der Waals surface area contributed by atoms with Crippen LogP contribution in [-0.2, 0) is 16.1 Å². The third-order valence-corrected chi connectivity index (χ3v) is 3.36. The molecule has 0 aliphatic heterocycles. The van der Waals surface area contributed by atoms with E-state index in [0.29, 0.717) is 5.56 Å². The summed E-state index contributed by atoms with van der Waals surface area (Å²) in [6.07, 6.45) is -7.20. The van der Waals surface area contributed by atoms with E-state index < -0.39 is 30.0 Å². The van der Waals surface area contributed by atoms with Crippen molar-refractivity contribution < 1.29 is 32.2 Å². The average Bonchev–Trinajstić information content (AvgIpc) is 2.53. The molecular formula is C17H14F4O3. The molecule has 0 amide bonds. The molecule has 2 aromatic rings. The van der Waals surface area contributed by atoms with Gasteiger partial charge >= 0.3 is 12.1 Å². The standard InChI is InChI=1S/C17H14F4O3/c18-13-8-6-12(7-9-13)15(22)14(17(19,20)21)16(23)24-10-11-4-2-1-3-5-11/h1-9,14-15,22H,10H2/t14-,15-/m0/s1. The monoisotopic (exact) mass is 342 g/mol. The molecule has 1 N–H and O–H groups in total. The third-order valence-electron chi connectivity index (χ3n) is 3.36. The predicted molar refractivity (Wildman–Crippen MR) is 77.1 cm³/mol. The van der Waals surface area contributed by atoms with Gasteiger partial charge in [-0.3, -0.25) is 4.79 Å². The predicted octanol–water partition coefficient (Wildman–Crippen LogP) is 3.78. The highest BCUT2D eigenvalue weighted by Crippen LogP contribution is 2.37. The van der Waals surface area contributed by atoms with Crippen molar-refractivity contribution in [3.63, 3.8) is 0 Å². The summed E-state index contributed by atoms with van der Waals surface area (Å²) in [7, 11) is 0. The highest BCUT2D eigenvalue weighted by molar-refractivity contribution is 5.74. The van der Waals surface area contributed by atoms with Crippen LogP contribution in [0.5, 0.6) is 0 Å². The van der Waals surface area contributed by atoms with Gasteiger partial charge in [0.15, 0.2) is 5.92 Å². The third kappa shape index (κ3) is 4.55. The van der Waals surface area contributed by atoms with Gasteiger partial charge in [0.05, 0.1) is 0 Å². The number of aliphatic hydroxyl groups is 1. The van der Waals surface area contributed by atoms with Crippen LogP contribution < -0.4 is 0 Å². The topological polar surface area (TPSA) is 46.5 Å². The Hall–Kier alpha value is -2.41. The van der Waals surface area contributed by atoms with Gasteiger partial charge < -0.3 is 9.84 Å². The number of carbonyl (C=O) groups excluding carboxylic acids is 1. The van der Waals surface area contributed by atoms with Crippen molar-refractivity contribution in [2.24, 2.45) is 5.92 Å². The molecule has 0 fully saturated rings. The van der Waals surface area contributed by atoms with Crippen molar-refractivity contribution in [1.29, 1.82) is 0 Å². The van der Waals surface area contributed by atoms with Crippen molar-refractivity contribution >= 4 is 5.97 Å². The maximum Gasteiger partial charge on any atom is 0.405 e. The second-order valence-electron chi connectivity index (χ2n) is 5.11. The molecular weight excluding hydrogens is 328 g/mol. The first-order valence-electron chi connectivity index (χ1n) is 7.00. The summed E-state index contributed by atoms with van der Waals surface area (Å²) in [5.41, 5.74) is 0.290. The summed E-state index contributed by atoms with van der Waals surface area (Å²) in [4.78, 5) is 11.9. The van der Waals surface area contributed by atoms with Crippen molar-refractivity contribution in [3.05, 3.63) is 71.5 Å². The number of halogens is 4. The Balaban J connectivity index is 2.15. The zero-order valence-electron chi connectivity index (χ0n) is 12.3. The first-order valence-corrected chi connectivity index (χ1v) is 7.00. The number of aliphatic hydroxyl groups excluding tert-OH is 1. The minimum Gasteiger partial charge on any atom is -0.460 e. The minimum atomic E-state index is -5.01. The van der Waals surface area contributed by atoms with Gasteiger partial charge in [-0.15, -0.1) is 0 Å². The fraction of sp³-hybridized carbons (Fsp3) is 0.235. The van der Waals surface area contributed by atoms with Crippen LogP contribution in [0.15, 0.2) is 54.6 Å². The van der Waals surface area contributed by atoms with Gasteiger partial charge in [0, 0.05) is 0 Å². The largest absolute Gasteiger partial charge is 0.460 e. The number of rotatable bonds is 5. The van der Waals surface area contributed by atoms with Gasteiger partial charge in [0.1, 0.15) is 18.5 Å². The molecule has 2 atom stereocenters. The molecule has 0 aromatic heterocycles. The zero-order chi connectivity index (χ0) is 17.7. The van der Waals surface area contributed by atoms with E-state index in [1.165, 1.54) is 0 Å². The van der Waals surface area contributed by atoms with Gasteiger partial charge in [-0.2, -0.15) is 13.2 Å². The number of ether oxygens (including phenoxy) is 1. The highest BCUT2D eigenvalue weighted by Gasteiger charge is 2.51. The Labute approximate surface area is 135 Å². The fourth-order valence-corrected chi connectivity index (χ4v) is 2.11. The quantitative estimate of drug-likeness (QED) is 0.664. The Morgan fingerprint density at radius 2 is 1.62 bits per heavy atom. The van der Waals surface area contributed by atoms with E-state index in [-0.39, 0.29) is 12.2 Å². The molecule has 0 spiro atoms. The summed E-state index contributed by atoms with van der Waals surface area (Å²) in [6.45, 7) is -0.345. The summed E-state index contributed by atoms with van der Waals surface area (Å²) >= 11 is 0. The van der Waals surface area contributed by atoms with Crippen molar-refractivity contribution in [2.75, 3.05) is 0 Å². The van der Waals surface area contributed by atoms with E-state index in [9.17, 15) is 27.5 Å². The summed E-state index contributed by atoms with van der Waals surface area (Å²) in [5, 5.41) is 9.93. The van der Waals surface area contributed by atoms with Gasteiger partial charge in [-0.05, 0) is 23.3 Å². The van der Waals surface area contributed by atoms with Crippen LogP contribution in [0.4, 0.5) is 17.6 Å². The molecule has 0 aliphatic rings. The van der Waals surface area contributed by atoms with Crippen LogP contribution in [0.2, 0.25) is 0 Å². The molecule has 0 saturated heterocycles. The molecule has 0 saturated carbocycles.